The van der Waals surface area contributed by atoms with E-state index in [4.69, 9.17) is 4.42 Å². The van der Waals surface area contributed by atoms with Crippen LogP contribution in [0.3, 0.4) is 0 Å². The molecule has 0 radical (unpaired) electrons. The van der Waals surface area contributed by atoms with Crippen molar-refractivity contribution in [2.75, 3.05) is 14.7 Å². The zero-order valence-corrected chi connectivity index (χ0v) is 31.8. The Morgan fingerprint density at radius 3 is 0.966 bits per heavy atom. The smallest absolute Gasteiger partial charge is 0.135 e. The highest BCUT2D eigenvalue weighted by molar-refractivity contribution is 6.06. The first-order chi connectivity index (χ1) is 28.8. The van der Waals surface area contributed by atoms with Crippen LogP contribution in [0.1, 0.15) is 0 Å². The maximum absolute atomic E-state index is 6.14. The van der Waals surface area contributed by atoms with Crippen LogP contribution in [0.25, 0.3) is 33.1 Å². The van der Waals surface area contributed by atoms with E-state index in [1.54, 1.807) is 0 Å². The Bertz CT molecular complexity index is 2750. The number of furan rings is 1. The van der Waals surface area contributed by atoms with Crippen LogP contribution in [0.5, 0.6) is 0 Å². The summed E-state index contributed by atoms with van der Waals surface area (Å²) in [4.78, 5) is 7.03. The Labute approximate surface area is 338 Å². The van der Waals surface area contributed by atoms with Gasteiger partial charge in [-0.2, -0.15) is 0 Å². The average Bonchev–Trinajstić information content (AvgIpc) is 3.67. The number of nitrogens with zero attached hydrogens (tertiary/aromatic N) is 3. The number of hydrogen-bond donors (Lipinski definition) is 0. The summed E-state index contributed by atoms with van der Waals surface area (Å²) in [6.45, 7) is 0. The van der Waals surface area contributed by atoms with Gasteiger partial charge >= 0.3 is 0 Å². The van der Waals surface area contributed by atoms with Crippen LogP contribution in [0.2, 0.25) is 0 Å². The van der Waals surface area contributed by atoms with Gasteiger partial charge in [0, 0.05) is 44.9 Å². The van der Waals surface area contributed by atoms with Crippen molar-refractivity contribution >= 4 is 73.1 Å². The average molecular weight is 746 g/mol. The molecule has 1 aromatic heterocycles. The van der Waals surface area contributed by atoms with E-state index in [9.17, 15) is 0 Å². The fraction of sp³-hybridized carbons (Fsp3) is 0. The number of anilines is 9. The summed E-state index contributed by atoms with van der Waals surface area (Å²) in [6, 6.07) is 83.5. The molecule has 0 N–H and O–H groups in total. The largest absolute Gasteiger partial charge is 0.456 e. The number of fused-ring (bicyclic) bond motifs is 3. The fourth-order valence-corrected chi connectivity index (χ4v) is 7.90. The molecule has 0 saturated heterocycles. The third kappa shape index (κ3) is 6.74. The molecule has 0 unspecified atom stereocenters. The van der Waals surface area contributed by atoms with Crippen LogP contribution in [-0.2, 0) is 0 Å². The minimum absolute atomic E-state index is 0.896. The normalized spacial score (nSPS) is 11.1. The van der Waals surface area contributed by atoms with E-state index in [0.717, 1.165) is 84.3 Å². The van der Waals surface area contributed by atoms with Crippen LogP contribution in [0, 0.1) is 0 Å². The highest BCUT2D eigenvalue weighted by Crippen LogP contribution is 2.46. The van der Waals surface area contributed by atoms with Gasteiger partial charge in [0.25, 0.3) is 0 Å². The second-order valence-corrected chi connectivity index (χ2v) is 14.2. The Balaban J connectivity index is 1.17. The minimum Gasteiger partial charge on any atom is -0.456 e. The van der Waals surface area contributed by atoms with Gasteiger partial charge in [-0.05, 0) is 120 Å². The molecule has 9 aromatic carbocycles. The Kier molecular flexibility index (Phi) is 9.18. The van der Waals surface area contributed by atoms with Crippen molar-refractivity contribution < 1.29 is 4.42 Å². The molecule has 10 rings (SSSR count). The standard InChI is InChI=1S/C54H39N3O/c1-6-18-42(19-7-1)55(43-20-8-2-9-21-43)48-37-49(56(44-22-10-3-11-23-44)45-24-12-4-13-25-45)39-50(38-48)57(46-26-14-5-15-27-46)47-33-30-40(31-34-47)41-32-35-54-52(36-41)51-28-16-17-29-53(51)58-54/h1-39H. The summed E-state index contributed by atoms with van der Waals surface area (Å²) in [5, 5.41) is 2.25. The highest BCUT2D eigenvalue weighted by atomic mass is 16.3. The molecule has 0 atom stereocenters. The lowest BCUT2D eigenvalue weighted by molar-refractivity contribution is 0.669. The number of rotatable bonds is 10. The van der Waals surface area contributed by atoms with Gasteiger partial charge in [-0.3, -0.25) is 0 Å². The van der Waals surface area contributed by atoms with E-state index in [1.165, 1.54) is 0 Å². The van der Waals surface area contributed by atoms with E-state index in [-0.39, 0.29) is 0 Å². The summed E-state index contributed by atoms with van der Waals surface area (Å²) in [5.41, 5.74) is 13.5. The van der Waals surface area contributed by atoms with E-state index in [0.29, 0.717) is 0 Å². The molecule has 0 amide bonds. The molecule has 4 heteroatoms. The van der Waals surface area contributed by atoms with Crippen LogP contribution in [-0.4, -0.2) is 0 Å². The number of para-hydroxylation sites is 6. The third-order valence-electron chi connectivity index (χ3n) is 10.6. The Morgan fingerprint density at radius 2 is 0.552 bits per heavy atom. The minimum atomic E-state index is 0.896. The van der Waals surface area contributed by atoms with E-state index < -0.39 is 0 Å². The summed E-state index contributed by atoms with van der Waals surface area (Å²) in [6.07, 6.45) is 0. The first-order valence-electron chi connectivity index (χ1n) is 19.6. The second-order valence-electron chi connectivity index (χ2n) is 14.2. The van der Waals surface area contributed by atoms with Gasteiger partial charge in [0.15, 0.2) is 0 Å². The van der Waals surface area contributed by atoms with Crippen molar-refractivity contribution in [3.05, 3.63) is 237 Å². The predicted octanol–water partition coefficient (Wildman–Crippen LogP) is 15.7. The molecule has 1 heterocycles. The molecule has 4 nitrogen and oxygen atoms in total. The van der Waals surface area contributed by atoms with Crippen LogP contribution >= 0.6 is 0 Å². The van der Waals surface area contributed by atoms with E-state index in [2.05, 4.69) is 239 Å². The van der Waals surface area contributed by atoms with Crippen LogP contribution in [0.15, 0.2) is 241 Å². The van der Waals surface area contributed by atoms with Gasteiger partial charge in [-0.15, -0.1) is 0 Å². The molecule has 10 aromatic rings. The summed E-state index contributed by atoms with van der Waals surface area (Å²) >= 11 is 0. The van der Waals surface area contributed by atoms with E-state index >= 15 is 0 Å². The number of benzene rings is 9. The van der Waals surface area contributed by atoms with Crippen molar-refractivity contribution in [2.45, 2.75) is 0 Å². The lowest BCUT2D eigenvalue weighted by Gasteiger charge is -2.33. The van der Waals surface area contributed by atoms with Gasteiger partial charge in [-0.1, -0.05) is 127 Å². The van der Waals surface area contributed by atoms with Gasteiger partial charge in [0.2, 0.25) is 0 Å². The van der Waals surface area contributed by atoms with Crippen molar-refractivity contribution in [1.29, 1.82) is 0 Å². The van der Waals surface area contributed by atoms with Gasteiger partial charge < -0.3 is 19.1 Å². The topological polar surface area (TPSA) is 22.9 Å². The van der Waals surface area contributed by atoms with Crippen molar-refractivity contribution in [3.63, 3.8) is 0 Å². The van der Waals surface area contributed by atoms with Gasteiger partial charge in [0.1, 0.15) is 11.2 Å². The SMILES string of the molecule is c1ccc(N(c2ccccc2)c2cc(N(c3ccccc3)c3ccccc3)cc(N(c3ccccc3)c3ccc(-c4ccc5oc6ccccc6c5c4)cc3)c2)cc1. The maximum atomic E-state index is 6.14. The van der Waals surface area contributed by atoms with Gasteiger partial charge in [0.05, 0.1) is 17.1 Å². The molecule has 0 aliphatic carbocycles. The van der Waals surface area contributed by atoms with Crippen molar-refractivity contribution in [1.82, 2.24) is 0 Å². The second kappa shape index (κ2) is 15.4. The number of hydrogen-bond acceptors (Lipinski definition) is 4. The summed E-state index contributed by atoms with van der Waals surface area (Å²) < 4.78 is 6.14. The quantitative estimate of drug-likeness (QED) is 0.139. The van der Waals surface area contributed by atoms with Crippen LogP contribution < -0.4 is 14.7 Å². The monoisotopic (exact) mass is 745 g/mol. The first kappa shape index (κ1) is 34.7. The summed E-state index contributed by atoms with van der Waals surface area (Å²) in [7, 11) is 0. The predicted molar refractivity (Wildman–Crippen MR) is 243 cm³/mol. The fourth-order valence-electron chi connectivity index (χ4n) is 7.90. The van der Waals surface area contributed by atoms with Crippen molar-refractivity contribution in [2.24, 2.45) is 0 Å². The molecule has 0 bridgehead atoms. The first-order valence-corrected chi connectivity index (χ1v) is 19.6. The molecular formula is C54H39N3O. The lowest BCUT2D eigenvalue weighted by atomic mass is 10.0. The molecule has 58 heavy (non-hydrogen) atoms. The molecule has 0 aliphatic rings. The lowest BCUT2D eigenvalue weighted by Crippen LogP contribution is -2.16. The maximum Gasteiger partial charge on any atom is 0.135 e. The Morgan fingerprint density at radius 1 is 0.224 bits per heavy atom. The van der Waals surface area contributed by atoms with Crippen LogP contribution in [0.4, 0.5) is 51.2 Å². The molecule has 276 valence electrons. The zero-order valence-electron chi connectivity index (χ0n) is 31.8. The Hall–Kier alpha value is -7.82. The molecule has 0 spiro atoms. The zero-order chi connectivity index (χ0) is 38.7. The molecule has 0 aliphatic heterocycles. The third-order valence-corrected chi connectivity index (χ3v) is 10.6. The molecule has 0 saturated carbocycles. The van der Waals surface area contributed by atoms with E-state index in [1.807, 2.05) is 12.1 Å². The summed E-state index contributed by atoms with van der Waals surface area (Å²) in [5.74, 6) is 0. The van der Waals surface area contributed by atoms with Crippen molar-refractivity contribution in [3.8, 4) is 11.1 Å². The van der Waals surface area contributed by atoms with Gasteiger partial charge in [-0.25, -0.2) is 0 Å². The molecular weight excluding hydrogens is 707 g/mol. The highest BCUT2D eigenvalue weighted by Gasteiger charge is 2.22. The molecule has 0 fully saturated rings.